The van der Waals surface area contributed by atoms with Gasteiger partial charge < -0.3 is 0 Å². The summed E-state index contributed by atoms with van der Waals surface area (Å²) in [5.74, 6) is 0. The van der Waals surface area contributed by atoms with Gasteiger partial charge in [-0.05, 0) is 23.4 Å². The third-order valence-electron chi connectivity index (χ3n) is 2.12. The molecule has 1 aromatic carbocycles. The Hall–Kier alpha value is -1.59. The molecule has 2 rings (SSSR count). The van der Waals surface area contributed by atoms with Gasteiger partial charge in [0, 0.05) is 0 Å². The van der Waals surface area contributed by atoms with Crippen LogP contribution in [-0.4, -0.2) is 0 Å². The molecule has 0 spiro atoms. The van der Waals surface area contributed by atoms with E-state index in [0.717, 1.165) is 21.6 Å². The summed E-state index contributed by atoms with van der Waals surface area (Å²) in [5.41, 5.74) is 3.00. The van der Waals surface area contributed by atoms with Gasteiger partial charge in [-0.1, -0.05) is 30.3 Å². The quantitative estimate of drug-likeness (QED) is 0.688. The lowest BCUT2D eigenvalue weighted by Crippen LogP contribution is -1.78. The van der Waals surface area contributed by atoms with Gasteiger partial charge in [-0.3, -0.25) is 0 Å². The van der Waals surface area contributed by atoms with Crippen LogP contribution in [0.5, 0.6) is 0 Å². The zero-order chi connectivity index (χ0) is 9.97. The highest BCUT2D eigenvalue weighted by Gasteiger charge is 2.08. The van der Waals surface area contributed by atoms with Gasteiger partial charge in [0.15, 0.2) is 0 Å². The average Bonchev–Trinajstić information content (AvgIpc) is 2.61. The molecule has 0 aliphatic heterocycles. The second kappa shape index (κ2) is 3.65. The Labute approximate surface area is 87.3 Å². The van der Waals surface area contributed by atoms with E-state index >= 15 is 0 Å². The minimum Gasteiger partial charge on any atom is -0.192 e. The van der Waals surface area contributed by atoms with Gasteiger partial charge in [0.1, 0.15) is 6.07 Å². The summed E-state index contributed by atoms with van der Waals surface area (Å²) in [6, 6.07) is 12.3. The number of nitrogens with zero attached hydrogens (tertiary/aromatic N) is 1. The summed E-state index contributed by atoms with van der Waals surface area (Å²) in [6.45, 7) is 1.97. The van der Waals surface area contributed by atoms with Crippen LogP contribution < -0.4 is 0 Å². The molecule has 0 radical (unpaired) electrons. The molecule has 0 amide bonds. The summed E-state index contributed by atoms with van der Waals surface area (Å²) in [5, 5.41) is 11.0. The minimum atomic E-state index is 0.807. The van der Waals surface area contributed by atoms with E-state index in [2.05, 4.69) is 6.07 Å². The summed E-state index contributed by atoms with van der Waals surface area (Å²) in [6.07, 6.45) is 0. The van der Waals surface area contributed by atoms with Crippen molar-refractivity contribution in [1.29, 1.82) is 5.26 Å². The van der Waals surface area contributed by atoms with Gasteiger partial charge in [0.05, 0.1) is 10.4 Å². The van der Waals surface area contributed by atoms with E-state index in [1.165, 1.54) is 0 Å². The molecule has 0 atom stereocenters. The molecule has 0 saturated heterocycles. The maximum Gasteiger partial charge on any atom is 0.101 e. The Kier molecular flexibility index (Phi) is 2.34. The molecule has 1 nitrogen and oxygen atoms in total. The van der Waals surface area contributed by atoms with Crippen molar-refractivity contribution in [3.8, 4) is 16.5 Å². The first kappa shape index (κ1) is 8.98. The molecule has 2 aromatic rings. The monoisotopic (exact) mass is 199 g/mol. The lowest BCUT2D eigenvalue weighted by Gasteiger charge is -1.97. The fourth-order valence-electron chi connectivity index (χ4n) is 1.39. The predicted molar refractivity (Wildman–Crippen MR) is 59.2 cm³/mol. The largest absolute Gasteiger partial charge is 0.192 e. The third kappa shape index (κ3) is 1.43. The summed E-state index contributed by atoms with van der Waals surface area (Å²) >= 11 is 1.63. The van der Waals surface area contributed by atoms with E-state index in [4.69, 9.17) is 5.26 Å². The molecule has 0 bridgehead atoms. The van der Waals surface area contributed by atoms with Crippen molar-refractivity contribution in [2.75, 3.05) is 0 Å². The molecule has 1 aromatic heterocycles. The van der Waals surface area contributed by atoms with E-state index in [1.54, 1.807) is 11.3 Å². The van der Waals surface area contributed by atoms with E-state index in [9.17, 15) is 0 Å². The second-order valence-corrected chi connectivity index (χ2v) is 3.98. The second-order valence-electron chi connectivity index (χ2n) is 3.10. The lowest BCUT2D eigenvalue weighted by molar-refractivity contribution is 1.44. The van der Waals surface area contributed by atoms with E-state index < -0.39 is 0 Å². The highest BCUT2D eigenvalue weighted by Crippen LogP contribution is 2.31. The Bertz CT molecular complexity index is 477. The summed E-state index contributed by atoms with van der Waals surface area (Å²) in [7, 11) is 0. The van der Waals surface area contributed by atoms with Crippen LogP contribution in [0.15, 0.2) is 35.7 Å². The lowest BCUT2D eigenvalue weighted by atomic mass is 10.1. The number of aryl methyl sites for hydroxylation is 1. The predicted octanol–water partition coefficient (Wildman–Crippen LogP) is 3.60. The smallest absolute Gasteiger partial charge is 0.101 e. The Balaban J connectivity index is 2.59. The van der Waals surface area contributed by atoms with E-state index in [-0.39, 0.29) is 0 Å². The SMILES string of the molecule is Cc1csc(-c2ccccc2)c1C#N. The fraction of sp³-hybridized carbons (Fsp3) is 0.0833. The number of rotatable bonds is 1. The van der Waals surface area contributed by atoms with Crippen LogP contribution >= 0.6 is 11.3 Å². The first-order chi connectivity index (χ1) is 6.83. The van der Waals surface area contributed by atoms with Crippen LogP contribution in [0.2, 0.25) is 0 Å². The van der Waals surface area contributed by atoms with Crippen molar-refractivity contribution in [3.63, 3.8) is 0 Å². The van der Waals surface area contributed by atoms with Gasteiger partial charge in [0.25, 0.3) is 0 Å². The zero-order valence-corrected chi connectivity index (χ0v) is 8.64. The van der Waals surface area contributed by atoms with Crippen molar-refractivity contribution in [2.45, 2.75) is 6.92 Å². The molecule has 0 fully saturated rings. The molecule has 68 valence electrons. The number of benzene rings is 1. The zero-order valence-electron chi connectivity index (χ0n) is 7.82. The van der Waals surface area contributed by atoms with Crippen LogP contribution in [0.4, 0.5) is 0 Å². The van der Waals surface area contributed by atoms with Crippen molar-refractivity contribution < 1.29 is 0 Å². The van der Waals surface area contributed by atoms with Crippen LogP contribution in [0.1, 0.15) is 11.1 Å². The van der Waals surface area contributed by atoms with Crippen molar-refractivity contribution in [3.05, 3.63) is 46.8 Å². The summed E-state index contributed by atoms with van der Waals surface area (Å²) in [4.78, 5) is 1.07. The highest BCUT2D eigenvalue weighted by molar-refractivity contribution is 7.14. The molecule has 1 heterocycles. The Morgan fingerprint density at radius 3 is 2.57 bits per heavy atom. The number of nitriles is 1. The topological polar surface area (TPSA) is 23.8 Å². The van der Waals surface area contributed by atoms with Gasteiger partial charge in [0.2, 0.25) is 0 Å². The number of hydrogen-bond acceptors (Lipinski definition) is 2. The highest BCUT2D eigenvalue weighted by atomic mass is 32.1. The van der Waals surface area contributed by atoms with Crippen LogP contribution in [0.25, 0.3) is 10.4 Å². The first-order valence-corrected chi connectivity index (χ1v) is 5.24. The van der Waals surface area contributed by atoms with Gasteiger partial charge in [-0.15, -0.1) is 11.3 Å². The third-order valence-corrected chi connectivity index (χ3v) is 3.27. The van der Waals surface area contributed by atoms with Crippen molar-refractivity contribution >= 4 is 11.3 Å². The van der Waals surface area contributed by atoms with Crippen molar-refractivity contribution in [1.82, 2.24) is 0 Å². The van der Waals surface area contributed by atoms with Crippen LogP contribution in [-0.2, 0) is 0 Å². The minimum absolute atomic E-state index is 0.807. The molecule has 0 N–H and O–H groups in total. The van der Waals surface area contributed by atoms with Gasteiger partial charge >= 0.3 is 0 Å². The van der Waals surface area contributed by atoms with E-state index in [0.29, 0.717) is 0 Å². The van der Waals surface area contributed by atoms with Gasteiger partial charge in [-0.2, -0.15) is 5.26 Å². The first-order valence-electron chi connectivity index (χ1n) is 4.36. The Morgan fingerprint density at radius 2 is 1.93 bits per heavy atom. The molecular formula is C12H9NS. The standard InChI is InChI=1S/C12H9NS/c1-9-8-14-12(11(9)7-13)10-5-3-2-4-6-10/h2-6,8H,1H3. The molecule has 0 saturated carbocycles. The molecule has 0 aliphatic carbocycles. The normalized spacial score (nSPS) is 9.71. The maximum absolute atomic E-state index is 9.01. The average molecular weight is 199 g/mol. The van der Waals surface area contributed by atoms with Crippen LogP contribution in [0, 0.1) is 18.3 Å². The number of thiophene rings is 1. The Morgan fingerprint density at radius 1 is 1.21 bits per heavy atom. The molecule has 0 unspecified atom stereocenters. The number of hydrogen-bond donors (Lipinski definition) is 0. The summed E-state index contributed by atoms with van der Waals surface area (Å²) < 4.78 is 0. The molecular weight excluding hydrogens is 190 g/mol. The van der Waals surface area contributed by atoms with Crippen LogP contribution in [0.3, 0.4) is 0 Å². The molecule has 14 heavy (non-hydrogen) atoms. The fourth-order valence-corrected chi connectivity index (χ4v) is 2.39. The molecule has 2 heteroatoms. The van der Waals surface area contributed by atoms with E-state index in [1.807, 2.05) is 42.6 Å². The van der Waals surface area contributed by atoms with Gasteiger partial charge in [-0.25, -0.2) is 0 Å². The molecule has 0 aliphatic rings. The van der Waals surface area contributed by atoms with Crippen molar-refractivity contribution in [2.24, 2.45) is 0 Å². The maximum atomic E-state index is 9.01.